The largest absolute Gasteiger partial charge is 0.376 e. The van der Waals surface area contributed by atoms with Crippen molar-refractivity contribution in [2.24, 2.45) is 0 Å². The van der Waals surface area contributed by atoms with Crippen LogP contribution in [0.2, 0.25) is 0 Å². The van der Waals surface area contributed by atoms with Crippen LogP contribution < -0.4 is 5.56 Å². The molecule has 6 rings (SSSR count). The summed E-state index contributed by atoms with van der Waals surface area (Å²) in [6.45, 7) is 3.44. The van der Waals surface area contributed by atoms with Crippen LogP contribution in [0.4, 0.5) is 0 Å². The van der Waals surface area contributed by atoms with Crippen molar-refractivity contribution in [2.45, 2.75) is 62.6 Å². The molecule has 1 atom stereocenters. The third kappa shape index (κ3) is 3.41. The second-order valence-corrected chi connectivity index (χ2v) is 10.5. The SMILES string of the molecule is Cc1cccn2cc(CSc3nc4sc5c(c4c(=O)n3C[C@H]3CCCO3)CCC5)nc12. The maximum absolute atomic E-state index is 13.6. The van der Waals surface area contributed by atoms with E-state index in [2.05, 4.69) is 23.6 Å². The zero-order valence-electron chi connectivity index (χ0n) is 17.5. The van der Waals surface area contributed by atoms with Gasteiger partial charge < -0.3 is 9.14 Å². The van der Waals surface area contributed by atoms with E-state index in [1.54, 1.807) is 23.1 Å². The molecule has 2 aliphatic rings. The Morgan fingerprint density at radius 3 is 3.06 bits per heavy atom. The minimum absolute atomic E-state index is 0.0980. The Morgan fingerprint density at radius 2 is 2.23 bits per heavy atom. The zero-order chi connectivity index (χ0) is 20.9. The van der Waals surface area contributed by atoms with Gasteiger partial charge in [0.2, 0.25) is 0 Å². The fourth-order valence-electron chi connectivity index (χ4n) is 4.73. The van der Waals surface area contributed by atoms with E-state index in [-0.39, 0.29) is 11.7 Å². The van der Waals surface area contributed by atoms with E-state index in [9.17, 15) is 4.79 Å². The molecule has 0 unspecified atom stereocenters. The quantitative estimate of drug-likeness (QED) is 0.332. The van der Waals surface area contributed by atoms with Crippen LogP contribution in [0.15, 0.2) is 34.5 Å². The predicted octanol–water partition coefficient (Wildman–Crippen LogP) is 4.37. The standard InChI is InChI=1S/C23H24N4O2S2/c1-14-5-3-9-26-11-15(24-20(14)26)13-30-23-25-21-19(17-7-2-8-18(17)31-21)22(28)27(23)12-16-6-4-10-29-16/h3,5,9,11,16H,2,4,6-8,10,12-13H2,1H3/t16-/m1/s1. The molecule has 1 fully saturated rings. The topological polar surface area (TPSA) is 61.4 Å². The summed E-state index contributed by atoms with van der Waals surface area (Å²) in [5, 5.41) is 1.63. The molecular formula is C23H24N4O2S2. The van der Waals surface area contributed by atoms with Gasteiger partial charge in [0.25, 0.3) is 5.56 Å². The number of thiophene rings is 1. The number of fused-ring (bicyclic) bond motifs is 4. The molecule has 4 aromatic rings. The van der Waals surface area contributed by atoms with Crippen molar-refractivity contribution in [1.29, 1.82) is 0 Å². The first-order valence-electron chi connectivity index (χ1n) is 10.9. The highest BCUT2D eigenvalue weighted by Gasteiger charge is 2.25. The van der Waals surface area contributed by atoms with Crippen molar-refractivity contribution in [2.75, 3.05) is 6.61 Å². The van der Waals surface area contributed by atoms with Crippen LogP contribution >= 0.6 is 23.1 Å². The predicted molar refractivity (Wildman–Crippen MR) is 124 cm³/mol. The number of thioether (sulfide) groups is 1. The van der Waals surface area contributed by atoms with E-state index in [4.69, 9.17) is 14.7 Å². The second-order valence-electron chi connectivity index (χ2n) is 8.43. The smallest absolute Gasteiger partial charge is 0.263 e. The molecule has 1 aliphatic carbocycles. The number of imidazole rings is 1. The Hall–Kier alpha value is -2.16. The lowest BCUT2D eigenvalue weighted by molar-refractivity contribution is 0.0937. The summed E-state index contributed by atoms with van der Waals surface area (Å²) >= 11 is 3.31. The van der Waals surface area contributed by atoms with Gasteiger partial charge in [0.05, 0.1) is 23.7 Å². The van der Waals surface area contributed by atoms with E-state index >= 15 is 0 Å². The number of ether oxygens (including phenoxy) is 1. The van der Waals surface area contributed by atoms with Crippen LogP contribution in [0, 0.1) is 6.92 Å². The van der Waals surface area contributed by atoms with Crippen molar-refractivity contribution in [1.82, 2.24) is 18.9 Å². The van der Waals surface area contributed by atoms with Gasteiger partial charge in [-0.25, -0.2) is 9.97 Å². The van der Waals surface area contributed by atoms with Crippen LogP contribution in [0.5, 0.6) is 0 Å². The van der Waals surface area contributed by atoms with Gasteiger partial charge >= 0.3 is 0 Å². The Labute approximate surface area is 188 Å². The van der Waals surface area contributed by atoms with Gasteiger partial charge in [-0.05, 0) is 56.2 Å². The van der Waals surface area contributed by atoms with Crippen LogP contribution in [-0.2, 0) is 29.9 Å². The maximum Gasteiger partial charge on any atom is 0.263 e. The third-order valence-electron chi connectivity index (χ3n) is 6.28. The molecule has 5 heterocycles. The van der Waals surface area contributed by atoms with E-state index < -0.39 is 0 Å². The summed E-state index contributed by atoms with van der Waals surface area (Å²) in [5.74, 6) is 0.676. The molecule has 0 spiro atoms. The Morgan fingerprint density at radius 1 is 1.29 bits per heavy atom. The lowest BCUT2D eigenvalue weighted by Crippen LogP contribution is -2.28. The minimum atomic E-state index is 0.0980. The molecule has 6 nitrogen and oxygen atoms in total. The second kappa shape index (κ2) is 7.76. The van der Waals surface area contributed by atoms with Crippen LogP contribution in [0.3, 0.4) is 0 Å². The average Bonchev–Trinajstić information content (AvgIpc) is 3.53. The normalized spacial score (nSPS) is 18.4. The number of aromatic nitrogens is 4. The number of aryl methyl sites for hydroxylation is 3. The highest BCUT2D eigenvalue weighted by atomic mass is 32.2. The molecule has 0 saturated carbocycles. The molecule has 0 aromatic carbocycles. The molecule has 1 aliphatic heterocycles. The Bertz CT molecular complexity index is 1350. The first-order valence-corrected chi connectivity index (χ1v) is 12.7. The molecule has 0 N–H and O–H groups in total. The molecule has 0 bridgehead atoms. The van der Waals surface area contributed by atoms with Crippen molar-refractivity contribution in [3.8, 4) is 0 Å². The average molecular weight is 453 g/mol. The monoisotopic (exact) mass is 452 g/mol. The van der Waals surface area contributed by atoms with Gasteiger partial charge in [-0.15, -0.1) is 11.3 Å². The lowest BCUT2D eigenvalue weighted by Gasteiger charge is -2.15. The van der Waals surface area contributed by atoms with Crippen LogP contribution in [0.1, 0.15) is 41.0 Å². The number of hydrogen-bond donors (Lipinski definition) is 0. The molecule has 0 radical (unpaired) electrons. The van der Waals surface area contributed by atoms with E-state index in [0.29, 0.717) is 12.3 Å². The number of nitrogens with zero attached hydrogens (tertiary/aromatic N) is 4. The summed E-state index contributed by atoms with van der Waals surface area (Å²) in [5.41, 5.74) is 4.47. The number of hydrogen-bond acceptors (Lipinski definition) is 6. The maximum atomic E-state index is 13.6. The van der Waals surface area contributed by atoms with Crippen LogP contribution in [-0.4, -0.2) is 31.6 Å². The van der Waals surface area contributed by atoms with Gasteiger partial charge in [-0.2, -0.15) is 0 Å². The molecule has 31 heavy (non-hydrogen) atoms. The van der Waals surface area contributed by atoms with E-state index in [1.165, 1.54) is 10.4 Å². The third-order valence-corrected chi connectivity index (χ3v) is 8.47. The Kier molecular flexibility index (Phi) is 4.89. The number of pyridine rings is 1. The first-order chi connectivity index (χ1) is 15.2. The Balaban J connectivity index is 1.38. The van der Waals surface area contributed by atoms with Crippen molar-refractivity contribution in [3.63, 3.8) is 0 Å². The summed E-state index contributed by atoms with van der Waals surface area (Å²) < 4.78 is 9.79. The molecular weight excluding hydrogens is 428 g/mol. The molecule has 4 aromatic heterocycles. The van der Waals surface area contributed by atoms with Gasteiger partial charge in [0.15, 0.2) is 5.16 Å². The van der Waals surface area contributed by atoms with Crippen molar-refractivity contribution >= 4 is 39.0 Å². The number of rotatable bonds is 5. The van der Waals surface area contributed by atoms with E-state index in [0.717, 1.165) is 71.0 Å². The van der Waals surface area contributed by atoms with E-state index in [1.807, 2.05) is 16.8 Å². The summed E-state index contributed by atoms with van der Waals surface area (Å²) in [4.78, 5) is 25.6. The highest BCUT2D eigenvalue weighted by molar-refractivity contribution is 7.98. The summed E-state index contributed by atoms with van der Waals surface area (Å²) in [6.07, 6.45) is 9.47. The minimum Gasteiger partial charge on any atom is -0.376 e. The fraction of sp³-hybridized carbons (Fsp3) is 0.435. The van der Waals surface area contributed by atoms with Crippen LogP contribution in [0.25, 0.3) is 15.9 Å². The summed E-state index contributed by atoms with van der Waals surface area (Å²) in [7, 11) is 0. The highest BCUT2D eigenvalue weighted by Crippen LogP contribution is 2.36. The van der Waals surface area contributed by atoms with Gasteiger partial charge in [0, 0.05) is 29.6 Å². The van der Waals surface area contributed by atoms with Crippen molar-refractivity contribution < 1.29 is 4.74 Å². The first kappa shape index (κ1) is 19.5. The fourth-order valence-corrected chi connectivity index (χ4v) is 6.93. The van der Waals surface area contributed by atoms with Gasteiger partial charge in [-0.1, -0.05) is 17.8 Å². The zero-order valence-corrected chi connectivity index (χ0v) is 19.1. The van der Waals surface area contributed by atoms with Gasteiger partial charge in [-0.3, -0.25) is 9.36 Å². The molecule has 160 valence electrons. The van der Waals surface area contributed by atoms with Crippen molar-refractivity contribution in [3.05, 3.63) is 56.6 Å². The van der Waals surface area contributed by atoms with Gasteiger partial charge in [0.1, 0.15) is 10.5 Å². The molecule has 0 amide bonds. The molecule has 8 heteroatoms. The summed E-state index contributed by atoms with van der Waals surface area (Å²) in [6, 6.07) is 4.11. The lowest BCUT2D eigenvalue weighted by atomic mass is 10.2. The molecule has 1 saturated heterocycles.